The van der Waals surface area contributed by atoms with E-state index in [1.165, 1.54) is 11.1 Å². The van der Waals surface area contributed by atoms with E-state index in [-0.39, 0.29) is 24.0 Å². The Bertz CT molecular complexity index is 503. The van der Waals surface area contributed by atoms with Gasteiger partial charge in [0.05, 0.1) is 24.7 Å². The first kappa shape index (κ1) is 13.6. The summed E-state index contributed by atoms with van der Waals surface area (Å²) in [7, 11) is 0. The number of benzene rings is 1. The zero-order valence-corrected chi connectivity index (χ0v) is 11.9. The lowest BCUT2D eigenvalue weighted by molar-refractivity contribution is -0.138. The van der Waals surface area contributed by atoms with Gasteiger partial charge in [-0.05, 0) is 30.9 Å². The Morgan fingerprint density at radius 2 is 2.25 bits per heavy atom. The molecule has 1 saturated heterocycles. The molecule has 1 aromatic rings. The van der Waals surface area contributed by atoms with Gasteiger partial charge >= 0.3 is 0 Å². The zero-order chi connectivity index (χ0) is 14.1. The summed E-state index contributed by atoms with van der Waals surface area (Å²) >= 11 is 0. The van der Waals surface area contributed by atoms with Crippen LogP contribution in [0.4, 0.5) is 0 Å². The molecule has 2 aliphatic heterocycles. The zero-order valence-electron chi connectivity index (χ0n) is 11.9. The fourth-order valence-electron chi connectivity index (χ4n) is 3.39. The fraction of sp³-hybridized carbons (Fsp3) is 0.562. The summed E-state index contributed by atoms with van der Waals surface area (Å²) in [6.07, 6.45) is 1.94. The van der Waals surface area contributed by atoms with E-state index in [4.69, 9.17) is 10.5 Å². The van der Waals surface area contributed by atoms with Crippen molar-refractivity contribution in [1.82, 2.24) is 4.90 Å². The topological polar surface area (TPSA) is 55.6 Å². The lowest BCUT2D eigenvalue weighted by Gasteiger charge is -2.38. The Labute approximate surface area is 119 Å². The van der Waals surface area contributed by atoms with E-state index in [0.29, 0.717) is 13.2 Å². The van der Waals surface area contributed by atoms with Gasteiger partial charge in [-0.2, -0.15) is 0 Å². The maximum atomic E-state index is 12.7. The minimum atomic E-state index is 0.00399. The summed E-state index contributed by atoms with van der Waals surface area (Å²) in [6.45, 7) is 3.82. The van der Waals surface area contributed by atoms with Crippen LogP contribution in [0.25, 0.3) is 0 Å². The Balaban J connectivity index is 1.82. The SMILES string of the molecule is CC1CC(C(=O)N2CCc3ccccc3C2CN)CO1. The van der Waals surface area contributed by atoms with Crippen molar-refractivity contribution in [1.29, 1.82) is 0 Å². The largest absolute Gasteiger partial charge is 0.378 e. The number of nitrogens with zero attached hydrogens (tertiary/aromatic N) is 1. The Kier molecular flexibility index (Phi) is 3.76. The summed E-state index contributed by atoms with van der Waals surface area (Å²) in [5, 5.41) is 0. The smallest absolute Gasteiger partial charge is 0.228 e. The average Bonchev–Trinajstić information content (AvgIpc) is 2.91. The van der Waals surface area contributed by atoms with Gasteiger partial charge in [0.2, 0.25) is 5.91 Å². The third kappa shape index (κ3) is 2.34. The van der Waals surface area contributed by atoms with Crippen LogP contribution in [0.3, 0.4) is 0 Å². The number of amides is 1. The quantitative estimate of drug-likeness (QED) is 0.889. The van der Waals surface area contributed by atoms with Crippen molar-refractivity contribution in [2.24, 2.45) is 11.7 Å². The van der Waals surface area contributed by atoms with Crippen molar-refractivity contribution in [2.45, 2.75) is 31.9 Å². The van der Waals surface area contributed by atoms with Crippen molar-refractivity contribution < 1.29 is 9.53 Å². The molecule has 1 fully saturated rings. The summed E-state index contributed by atoms with van der Waals surface area (Å²) in [4.78, 5) is 14.7. The molecule has 2 heterocycles. The van der Waals surface area contributed by atoms with E-state index in [2.05, 4.69) is 18.2 Å². The Morgan fingerprint density at radius 1 is 1.45 bits per heavy atom. The van der Waals surface area contributed by atoms with Gasteiger partial charge in [-0.15, -0.1) is 0 Å². The first-order chi connectivity index (χ1) is 9.70. The predicted molar refractivity (Wildman–Crippen MR) is 77.2 cm³/mol. The van der Waals surface area contributed by atoms with Crippen LogP contribution in [0.15, 0.2) is 24.3 Å². The first-order valence-corrected chi connectivity index (χ1v) is 7.40. The van der Waals surface area contributed by atoms with Crippen LogP contribution in [0.5, 0.6) is 0 Å². The molecule has 1 amide bonds. The highest BCUT2D eigenvalue weighted by Crippen LogP contribution is 2.32. The lowest BCUT2D eigenvalue weighted by Crippen LogP contribution is -2.45. The van der Waals surface area contributed by atoms with E-state index in [1.54, 1.807) is 0 Å². The van der Waals surface area contributed by atoms with Crippen molar-refractivity contribution in [3.05, 3.63) is 35.4 Å². The molecule has 108 valence electrons. The van der Waals surface area contributed by atoms with Gasteiger partial charge < -0.3 is 15.4 Å². The molecule has 0 aliphatic carbocycles. The highest BCUT2D eigenvalue weighted by atomic mass is 16.5. The molecule has 0 bridgehead atoms. The van der Waals surface area contributed by atoms with Crippen molar-refractivity contribution >= 4 is 5.91 Å². The maximum absolute atomic E-state index is 12.7. The van der Waals surface area contributed by atoms with E-state index >= 15 is 0 Å². The molecule has 2 aliphatic rings. The summed E-state index contributed by atoms with van der Waals surface area (Å²) < 4.78 is 5.54. The first-order valence-electron chi connectivity index (χ1n) is 7.40. The molecule has 2 N–H and O–H groups in total. The van der Waals surface area contributed by atoms with Crippen LogP contribution in [-0.4, -0.2) is 36.6 Å². The molecule has 4 nitrogen and oxygen atoms in total. The van der Waals surface area contributed by atoms with E-state index in [1.807, 2.05) is 17.9 Å². The monoisotopic (exact) mass is 274 g/mol. The summed E-state index contributed by atoms with van der Waals surface area (Å²) in [5.41, 5.74) is 8.48. The van der Waals surface area contributed by atoms with Gasteiger partial charge in [-0.25, -0.2) is 0 Å². The molecule has 0 radical (unpaired) electrons. The second kappa shape index (κ2) is 5.54. The van der Waals surface area contributed by atoms with Gasteiger partial charge in [0, 0.05) is 13.1 Å². The number of nitrogens with two attached hydrogens (primary N) is 1. The molecular formula is C16H22N2O2. The number of carbonyl (C=O) groups is 1. The molecule has 3 rings (SSSR count). The Morgan fingerprint density at radius 3 is 2.95 bits per heavy atom. The molecule has 3 unspecified atom stereocenters. The maximum Gasteiger partial charge on any atom is 0.228 e. The minimum Gasteiger partial charge on any atom is -0.378 e. The van der Waals surface area contributed by atoms with Crippen LogP contribution in [-0.2, 0) is 16.0 Å². The van der Waals surface area contributed by atoms with Gasteiger partial charge in [0.25, 0.3) is 0 Å². The van der Waals surface area contributed by atoms with Crippen LogP contribution >= 0.6 is 0 Å². The van der Waals surface area contributed by atoms with Gasteiger partial charge in [-0.3, -0.25) is 4.79 Å². The van der Waals surface area contributed by atoms with Gasteiger partial charge in [0.1, 0.15) is 0 Å². The normalized spacial score (nSPS) is 29.3. The second-order valence-corrected chi connectivity index (χ2v) is 5.81. The van der Waals surface area contributed by atoms with Crippen molar-refractivity contribution in [2.75, 3.05) is 19.7 Å². The van der Waals surface area contributed by atoms with Crippen LogP contribution in [0, 0.1) is 5.92 Å². The standard InChI is InChI=1S/C16H22N2O2/c1-11-8-13(10-20-11)16(19)18-7-6-12-4-2-3-5-14(12)15(18)9-17/h2-5,11,13,15H,6-10,17H2,1H3. The number of fused-ring (bicyclic) bond motifs is 1. The number of hydrogen-bond acceptors (Lipinski definition) is 3. The van der Waals surface area contributed by atoms with E-state index < -0.39 is 0 Å². The lowest BCUT2D eigenvalue weighted by atomic mass is 9.91. The molecule has 20 heavy (non-hydrogen) atoms. The number of hydrogen-bond donors (Lipinski definition) is 1. The number of rotatable bonds is 2. The number of carbonyl (C=O) groups excluding carboxylic acids is 1. The highest BCUT2D eigenvalue weighted by Gasteiger charge is 2.36. The fourth-order valence-corrected chi connectivity index (χ4v) is 3.39. The molecule has 0 spiro atoms. The van der Waals surface area contributed by atoms with Gasteiger partial charge in [0.15, 0.2) is 0 Å². The third-order valence-corrected chi connectivity index (χ3v) is 4.47. The summed E-state index contributed by atoms with van der Waals surface area (Å²) in [5.74, 6) is 0.212. The molecular weight excluding hydrogens is 252 g/mol. The van der Waals surface area contributed by atoms with E-state index in [0.717, 1.165) is 19.4 Å². The average molecular weight is 274 g/mol. The van der Waals surface area contributed by atoms with E-state index in [9.17, 15) is 4.79 Å². The van der Waals surface area contributed by atoms with Crippen LogP contribution in [0.2, 0.25) is 0 Å². The van der Waals surface area contributed by atoms with Crippen molar-refractivity contribution in [3.63, 3.8) is 0 Å². The Hall–Kier alpha value is -1.39. The molecule has 3 atom stereocenters. The van der Waals surface area contributed by atoms with Crippen LogP contribution in [0.1, 0.15) is 30.5 Å². The summed E-state index contributed by atoms with van der Waals surface area (Å²) in [6, 6.07) is 8.33. The number of ether oxygens (including phenoxy) is 1. The molecule has 0 aromatic heterocycles. The van der Waals surface area contributed by atoms with Gasteiger partial charge in [-0.1, -0.05) is 24.3 Å². The molecule has 4 heteroatoms. The van der Waals surface area contributed by atoms with Crippen LogP contribution < -0.4 is 5.73 Å². The second-order valence-electron chi connectivity index (χ2n) is 5.81. The third-order valence-electron chi connectivity index (χ3n) is 4.47. The molecule has 1 aromatic carbocycles. The highest BCUT2D eigenvalue weighted by molar-refractivity contribution is 5.80. The predicted octanol–water partition coefficient (Wildman–Crippen LogP) is 1.50. The molecule has 0 saturated carbocycles. The van der Waals surface area contributed by atoms with Crippen molar-refractivity contribution in [3.8, 4) is 0 Å². The minimum absolute atomic E-state index is 0.00399.